The van der Waals surface area contributed by atoms with Crippen LogP contribution in [-0.2, 0) is 16.1 Å². The number of hydrogen-bond acceptors (Lipinski definition) is 3. The number of carbonyl (C=O) groups excluding carboxylic acids is 1. The van der Waals surface area contributed by atoms with E-state index >= 15 is 0 Å². The lowest BCUT2D eigenvalue weighted by Gasteiger charge is -2.06. The summed E-state index contributed by atoms with van der Waals surface area (Å²) in [6, 6.07) is 4.99. The summed E-state index contributed by atoms with van der Waals surface area (Å²) >= 11 is 0. The highest BCUT2D eigenvalue weighted by Gasteiger charge is 1.99. The predicted molar refractivity (Wildman–Crippen MR) is 62.9 cm³/mol. The SMILES string of the molecule is Cc1cc(CNCCOCC(N)=O)ccc1F. The van der Waals surface area contributed by atoms with Gasteiger partial charge in [-0.25, -0.2) is 4.39 Å². The first-order valence-corrected chi connectivity index (χ1v) is 5.41. The van der Waals surface area contributed by atoms with Crippen LogP contribution in [0.15, 0.2) is 18.2 Å². The van der Waals surface area contributed by atoms with Crippen LogP contribution >= 0.6 is 0 Å². The Hall–Kier alpha value is -1.46. The highest BCUT2D eigenvalue weighted by atomic mass is 19.1. The first kappa shape index (κ1) is 13.6. The van der Waals surface area contributed by atoms with Crippen molar-refractivity contribution in [2.75, 3.05) is 19.8 Å². The molecule has 0 aliphatic heterocycles. The van der Waals surface area contributed by atoms with E-state index in [1.807, 2.05) is 0 Å². The van der Waals surface area contributed by atoms with Gasteiger partial charge in [0.15, 0.2) is 0 Å². The minimum atomic E-state index is -0.473. The van der Waals surface area contributed by atoms with Gasteiger partial charge in [0, 0.05) is 13.1 Å². The first-order valence-electron chi connectivity index (χ1n) is 5.41. The standard InChI is InChI=1S/C12H17FN2O2/c1-9-6-10(2-3-11(9)13)7-15-4-5-17-8-12(14)16/h2-3,6,15H,4-5,7-8H2,1H3,(H2,14,16). The van der Waals surface area contributed by atoms with Gasteiger partial charge in [0.05, 0.1) is 6.61 Å². The third kappa shape index (κ3) is 5.42. The fourth-order valence-corrected chi connectivity index (χ4v) is 1.37. The van der Waals surface area contributed by atoms with Crippen LogP contribution in [0.2, 0.25) is 0 Å². The summed E-state index contributed by atoms with van der Waals surface area (Å²) in [6.45, 7) is 3.35. The molecular formula is C12H17FN2O2. The number of carbonyl (C=O) groups is 1. The van der Waals surface area contributed by atoms with Crippen molar-refractivity contribution >= 4 is 5.91 Å². The molecule has 94 valence electrons. The topological polar surface area (TPSA) is 64.3 Å². The van der Waals surface area contributed by atoms with E-state index in [0.717, 1.165) is 5.56 Å². The molecule has 0 aliphatic rings. The van der Waals surface area contributed by atoms with Gasteiger partial charge < -0.3 is 15.8 Å². The normalized spacial score (nSPS) is 10.5. The molecule has 0 saturated carbocycles. The second-order valence-electron chi connectivity index (χ2n) is 3.78. The van der Waals surface area contributed by atoms with Gasteiger partial charge in [-0.1, -0.05) is 12.1 Å². The van der Waals surface area contributed by atoms with Crippen molar-refractivity contribution in [2.24, 2.45) is 5.73 Å². The molecular weight excluding hydrogens is 223 g/mol. The summed E-state index contributed by atoms with van der Waals surface area (Å²) in [5, 5.41) is 3.12. The summed E-state index contributed by atoms with van der Waals surface area (Å²) in [5.74, 6) is -0.669. The van der Waals surface area contributed by atoms with Gasteiger partial charge in [0.25, 0.3) is 0 Å². The Bertz CT molecular complexity index is 383. The van der Waals surface area contributed by atoms with Crippen molar-refractivity contribution in [1.82, 2.24) is 5.32 Å². The van der Waals surface area contributed by atoms with Crippen molar-refractivity contribution in [3.8, 4) is 0 Å². The highest BCUT2D eigenvalue weighted by molar-refractivity contribution is 5.74. The summed E-state index contributed by atoms with van der Waals surface area (Å²) in [4.78, 5) is 10.4. The van der Waals surface area contributed by atoms with Gasteiger partial charge in [0.2, 0.25) is 5.91 Å². The first-order chi connectivity index (χ1) is 8.09. The molecule has 1 amide bonds. The minimum absolute atomic E-state index is 0.0582. The lowest BCUT2D eigenvalue weighted by molar-refractivity contribution is -0.122. The molecule has 1 rings (SSSR count). The van der Waals surface area contributed by atoms with Crippen LogP contribution < -0.4 is 11.1 Å². The predicted octanol–water partition coefficient (Wildman–Crippen LogP) is 0.726. The zero-order valence-electron chi connectivity index (χ0n) is 9.83. The van der Waals surface area contributed by atoms with E-state index in [9.17, 15) is 9.18 Å². The van der Waals surface area contributed by atoms with Crippen LogP contribution in [0.3, 0.4) is 0 Å². The number of hydrogen-bond donors (Lipinski definition) is 2. The van der Waals surface area contributed by atoms with E-state index in [0.29, 0.717) is 25.3 Å². The lowest BCUT2D eigenvalue weighted by Crippen LogP contribution is -2.23. The zero-order valence-corrected chi connectivity index (χ0v) is 9.83. The average Bonchev–Trinajstić information content (AvgIpc) is 2.27. The maximum Gasteiger partial charge on any atom is 0.243 e. The van der Waals surface area contributed by atoms with Crippen LogP contribution in [0, 0.1) is 12.7 Å². The van der Waals surface area contributed by atoms with E-state index < -0.39 is 5.91 Å². The molecule has 0 spiro atoms. The molecule has 0 saturated heterocycles. The third-order valence-corrected chi connectivity index (χ3v) is 2.22. The molecule has 0 fully saturated rings. The van der Waals surface area contributed by atoms with Gasteiger partial charge in [-0.2, -0.15) is 0 Å². The molecule has 0 atom stereocenters. The van der Waals surface area contributed by atoms with Gasteiger partial charge >= 0.3 is 0 Å². The largest absolute Gasteiger partial charge is 0.370 e. The monoisotopic (exact) mass is 240 g/mol. The smallest absolute Gasteiger partial charge is 0.243 e. The molecule has 0 unspecified atom stereocenters. The van der Waals surface area contributed by atoms with Crippen LogP contribution in [-0.4, -0.2) is 25.7 Å². The van der Waals surface area contributed by atoms with Crippen molar-refractivity contribution in [1.29, 1.82) is 0 Å². The number of rotatable bonds is 7. The van der Waals surface area contributed by atoms with Gasteiger partial charge in [-0.15, -0.1) is 0 Å². The number of benzene rings is 1. The Labute approximate surface area is 100.0 Å². The maximum atomic E-state index is 13.0. The quantitative estimate of drug-likeness (QED) is 0.690. The second-order valence-corrected chi connectivity index (χ2v) is 3.78. The Morgan fingerprint density at radius 1 is 1.53 bits per heavy atom. The fraction of sp³-hybridized carbons (Fsp3) is 0.417. The molecule has 0 radical (unpaired) electrons. The molecule has 0 bridgehead atoms. The highest BCUT2D eigenvalue weighted by Crippen LogP contribution is 2.08. The summed E-state index contributed by atoms with van der Waals surface area (Å²) in [5.41, 5.74) is 6.56. The molecule has 3 N–H and O–H groups in total. The van der Waals surface area contributed by atoms with Gasteiger partial charge in [0.1, 0.15) is 12.4 Å². The maximum absolute atomic E-state index is 13.0. The molecule has 4 nitrogen and oxygen atoms in total. The Morgan fingerprint density at radius 3 is 2.94 bits per heavy atom. The van der Waals surface area contributed by atoms with Crippen LogP contribution in [0.1, 0.15) is 11.1 Å². The molecule has 5 heteroatoms. The Balaban J connectivity index is 2.18. The van der Waals surface area contributed by atoms with Crippen molar-refractivity contribution in [2.45, 2.75) is 13.5 Å². The lowest BCUT2D eigenvalue weighted by atomic mass is 10.1. The molecule has 0 aliphatic carbocycles. The third-order valence-electron chi connectivity index (χ3n) is 2.22. The van der Waals surface area contributed by atoms with Gasteiger partial charge in [-0.05, 0) is 24.1 Å². The zero-order chi connectivity index (χ0) is 12.7. The minimum Gasteiger partial charge on any atom is -0.370 e. The van der Waals surface area contributed by atoms with Crippen LogP contribution in [0.4, 0.5) is 4.39 Å². The summed E-state index contributed by atoms with van der Waals surface area (Å²) in [7, 11) is 0. The molecule has 0 heterocycles. The van der Waals surface area contributed by atoms with Crippen molar-refractivity contribution in [3.63, 3.8) is 0 Å². The number of nitrogens with one attached hydrogen (secondary N) is 1. The number of nitrogens with two attached hydrogens (primary N) is 1. The van der Waals surface area contributed by atoms with E-state index in [2.05, 4.69) is 5.32 Å². The molecule has 17 heavy (non-hydrogen) atoms. The average molecular weight is 240 g/mol. The van der Waals surface area contributed by atoms with Crippen molar-refractivity contribution in [3.05, 3.63) is 35.1 Å². The van der Waals surface area contributed by atoms with Gasteiger partial charge in [-0.3, -0.25) is 4.79 Å². The fourth-order valence-electron chi connectivity index (χ4n) is 1.37. The summed E-state index contributed by atoms with van der Waals surface area (Å²) < 4.78 is 18.0. The molecule has 1 aromatic rings. The van der Waals surface area contributed by atoms with E-state index in [1.54, 1.807) is 19.1 Å². The van der Waals surface area contributed by atoms with Crippen LogP contribution in [0.25, 0.3) is 0 Å². The number of primary amides is 1. The van der Waals surface area contributed by atoms with Crippen molar-refractivity contribution < 1.29 is 13.9 Å². The number of ether oxygens (including phenoxy) is 1. The number of amides is 1. The van der Waals surface area contributed by atoms with E-state index in [-0.39, 0.29) is 12.4 Å². The Kier molecular flexibility index (Phi) is 5.59. The molecule has 0 aromatic heterocycles. The number of halogens is 1. The summed E-state index contributed by atoms with van der Waals surface area (Å²) in [6.07, 6.45) is 0. The second kappa shape index (κ2) is 6.98. The van der Waals surface area contributed by atoms with E-state index in [1.165, 1.54) is 6.07 Å². The molecule has 1 aromatic carbocycles. The van der Waals surface area contributed by atoms with E-state index in [4.69, 9.17) is 10.5 Å². The van der Waals surface area contributed by atoms with Crippen LogP contribution in [0.5, 0.6) is 0 Å². The Morgan fingerprint density at radius 2 is 2.29 bits per heavy atom. The number of aryl methyl sites for hydroxylation is 1.